The molecule has 0 fully saturated rings. The number of anilines is 1. The van der Waals surface area contributed by atoms with E-state index in [1.807, 2.05) is 0 Å². The second-order valence-corrected chi connectivity index (χ2v) is 4.18. The van der Waals surface area contributed by atoms with Gasteiger partial charge in [-0.15, -0.1) is 0 Å². The van der Waals surface area contributed by atoms with Crippen molar-refractivity contribution in [3.05, 3.63) is 58.6 Å². The van der Waals surface area contributed by atoms with Crippen LogP contribution in [-0.4, -0.2) is 22.0 Å². The molecule has 0 atom stereocenters. The summed E-state index contributed by atoms with van der Waals surface area (Å²) in [5.74, 6) is -2.69. The number of carbonyl (C=O) groups is 2. The number of halogens is 2. The number of hydrogen-bond donors (Lipinski definition) is 2. The van der Waals surface area contributed by atoms with Gasteiger partial charge < -0.3 is 10.4 Å². The van der Waals surface area contributed by atoms with E-state index in [2.05, 4.69) is 10.3 Å². The van der Waals surface area contributed by atoms with Crippen molar-refractivity contribution in [2.45, 2.75) is 0 Å². The van der Waals surface area contributed by atoms with Gasteiger partial charge in [0, 0.05) is 0 Å². The number of hydrogen-bond acceptors (Lipinski definition) is 3. The monoisotopic (exact) mass is 294 g/mol. The number of amides is 1. The summed E-state index contributed by atoms with van der Waals surface area (Å²) in [5, 5.41) is 11.5. The van der Waals surface area contributed by atoms with Gasteiger partial charge in [0.25, 0.3) is 5.91 Å². The maximum absolute atomic E-state index is 13.0. The SMILES string of the molecule is O=C(Nc1ccc(F)cc1C(=O)O)c1cccc(Cl)n1. The van der Waals surface area contributed by atoms with Crippen molar-refractivity contribution < 1.29 is 19.1 Å². The summed E-state index contributed by atoms with van der Waals surface area (Å²) >= 11 is 5.66. The standard InChI is InChI=1S/C13H8ClFN2O3/c14-11-3-1-2-10(16-11)12(18)17-9-5-4-7(15)6-8(9)13(19)20/h1-6H,(H,17,18)(H,19,20). The van der Waals surface area contributed by atoms with E-state index in [9.17, 15) is 14.0 Å². The Morgan fingerprint density at radius 1 is 1.25 bits per heavy atom. The van der Waals surface area contributed by atoms with Crippen molar-refractivity contribution in [3.63, 3.8) is 0 Å². The van der Waals surface area contributed by atoms with Crippen LogP contribution in [0, 0.1) is 5.82 Å². The van der Waals surface area contributed by atoms with Crippen LogP contribution in [0.3, 0.4) is 0 Å². The van der Waals surface area contributed by atoms with Gasteiger partial charge in [-0.25, -0.2) is 14.2 Å². The molecule has 2 rings (SSSR count). The normalized spacial score (nSPS) is 10.1. The molecule has 2 N–H and O–H groups in total. The fourth-order valence-corrected chi connectivity index (χ4v) is 1.69. The Bertz CT molecular complexity index is 691. The predicted octanol–water partition coefficient (Wildman–Crippen LogP) is 2.82. The van der Waals surface area contributed by atoms with Gasteiger partial charge in [0.1, 0.15) is 16.7 Å². The second-order valence-electron chi connectivity index (χ2n) is 3.79. The zero-order valence-corrected chi connectivity index (χ0v) is 10.7. The molecule has 0 unspecified atom stereocenters. The number of benzene rings is 1. The average molecular weight is 295 g/mol. The smallest absolute Gasteiger partial charge is 0.337 e. The fourth-order valence-electron chi connectivity index (χ4n) is 1.52. The number of aromatic carboxylic acids is 1. The lowest BCUT2D eigenvalue weighted by Gasteiger charge is -2.08. The lowest BCUT2D eigenvalue weighted by Crippen LogP contribution is -2.16. The first-order valence-electron chi connectivity index (χ1n) is 5.44. The van der Waals surface area contributed by atoms with Crippen molar-refractivity contribution in [3.8, 4) is 0 Å². The molecule has 2 aromatic rings. The Kier molecular flexibility index (Phi) is 3.95. The number of carboxylic acid groups (broad SMARTS) is 1. The van der Waals surface area contributed by atoms with Gasteiger partial charge in [-0.1, -0.05) is 17.7 Å². The largest absolute Gasteiger partial charge is 0.478 e. The van der Waals surface area contributed by atoms with Gasteiger partial charge in [-0.05, 0) is 30.3 Å². The zero-order valence-electron chi connectivity index (χ0n) is 9.93. The lowest BCUT2D eigenvalue weighted by molar-refractivity contribution is 0.0697. The van der Waals surface area contributed by atoms with Gasteiger partial charge in [0.15, 0.2) is 0 Å². The number of rotatable bonds is 3. The fraction of sp³-hybridized carbons (Fsp3) is 0. The predicted molar refractivity (Wildman–Crippen MR) is 70.6 cm³/mol. The topological polar surface area (TPSA) is 79.3 Å². The molecule has 0 radical (unpaired) electrons. The van der Waals surface area contributed by atoms with E-state index < -0.39 is 17.7 Å². The number of nitrogens with one attached hydrogen (secondary N) is 1. The van der Waals surface area contributed by atoms with Gasteiger partial charge in [-0.2, -0.15) is 0 Å². The summed E-state index contributed by atoms with van der Waals surface area (Å²) in [6.45, 7) is 0. The molecule has 0 aliphatic carbocycles. The molecule has 7 heteroatoms. The van der Waals surface area contributed by atoms with E-state index in [4.69, 9.17) is 16.7 Å². The minimum atomic E-state index is -1.35. The van der Waals surface area contributed by atoms with Crippen LogP contribution in [0.5, 0.6) is 0 Å². The number of pyridine rings is 1. The van der Waals surface area contributed by atoms with Gasteiger partial charge in [0.05, 0.1) is 11.3 Å². The molecular weight excluding hydrogens is 287 g/mol. The van der Waals surface area contributed by atoms with E-state index in [-0.39, 0.29) is 22.1 Å². The van der Waals surface area contributed by atoms with E-state index in [0.29, 0.717) is 0 Å². The first-order valence-corrected chi connectivity index (χ1v) is 5.82. The average Bonchev–Trinajstić information content (AvgIpc) is 2.40. The number of aromatic nitrogens is 1. The molecule has 0 aliphatic rings. The van der Waals surface area contributed by atoms with Crippen LogP contribution in [0.2, 0.25) is 5.15 Å². The number of carbonyl (C=O) groups excluding carboxylic acids is 1. The van der Waals surface area contributed by atoms with E-state index >= 15 is 0 Å². The summed E-state index contributed by atoms with van der Waals surface area (Å²) in [5.41, 5.74) is -0.343. The van der Waals surface area contributed by atoms with E-state index in [0.717, 1.165) is 12.1 Å². The number of carboxylic acids is 1. The zero-order chi connectivity index (χ0) is 14.7. The van der Waals surface area contributed by atoms with Crippen LogP contribution in [0.1, 0.15) is 20.8 Å². The van der Waals surface area contributed by atoms with Gasteiger partial charge in [-0.3, -0.25) is 4.79 Å². The van der Waals surface area contributed by atoms with Gasteiger partial charge >= 0.3 is 5.97 Å². The Labute approximate surface area is 118 Å². The van der Waals surface area contributed by atoms with Crippen LogP contribution in [0.4, 0.5) is 10.1 Å². The first-order chi connectivity index (χ1) is 9.47. The third-order valence-electron chi connectivity index (χ3n) is 2.41. The van der Waals surface area contributed by atoms with Crippen molar-refractivity contribution >= 4 is 29.2 Å². The second kappa shape index (κ2) is 5.66. The van der Waals surface area contributed by atoms with Crippen molar-refractivity contribution in [1.82, 2.24) is 4.98 Å². The molecule has 1 aromatic carbocycles. The summed E-state index contributed by atoms with van der Waals surface area (Å²) in [4.78, 5) is 26.7. The Morgan fingerprint density at radius 2 is 2.00 bits per heavy atom. The maximum Gasteiger partial charge on any atom is 0.337 e. The summed E-state index contributed by atoms with van der Waals surface area (Å²) < 4.78 is 13.0. The third kappa shape index (κ3) is 3.10. The molecule has 0 spiro atoms. The molecule has 0 bridgehead atoms. The Hall–Kier alpha value is -2.47. The van der Waals surface area contributed by atoms with Crippen molar-refractivity contribution in [2.24, 2.45) is 0 Å². The molecule has 1 heterocycles. The van der Waals surface area contributed by atoms with Gasteiger partial charge in [0.2, 0.25) is 0 Å². The van der Waals surface area contributed by atoms with E-state index in [1.54, 1.807) is 0 Å². The van der Waals surface area contributed by atoms with Crippen molar-refractivity contribution in [2.75, 3.05) is 5.32 Å². The van der Waals surface area contributed by atoms with Crippen LogP contribution in [0.25, 0.3) is 0 Å². The summed E-state index contributed by atoms with van der Waals surface area (Å²) in [7, 11) is 0. The molecule has 0 aliphatic heterocycles. The highest BCUT2D eigenvalue weighted by Crippen LogP contribution is 2.18. The molecule has 1 amide bonds. The first kappa shape index (κ1) is 14.0. The summed E-state index contributed by atoms with van der Waals surface area (Å²) in [6.07, 6.45) is 0. The molecule has 20 heavy (non-hydrogen) atoms. The quantitative estimate of drug-likeness (QED) is 0.853. The molecule has 0 saturated carbocycles. The highest BCUT2D eigenvalue weighted by atomic mass is 35.5. The summed E-state index contributed by atoms with van der Waals surface area (Å²) in [6, 6.07) is 7.50. The molecule has 102 valence electrons. The highest BCUT2D eigenvalue weighted by Gasteiger charge is 2.15. The molecule has 0 saturated heterocycles. The molecule has 1 aromatic heterocycles. The van der Waals surface area contributed by atoms with Crippen LogP contribution in [-0.2, 0) is 0 Å². The van der Waals surface area contributed by atoms with Crippen LogP contribution < -0.4 is 5.32 Å². The Balaban J connectivity index is 2.30. The van der Waals surface area contributed by atoms with Crippen molar-refractivity contribution in [1.29, 1.82) is 0 Å². The molecular formula is C13H8ClFN2O3. The Morgan fingerprint density at radius 3 is 2.65 bits per heavy atom. The van der Waals surface area contributed by atoms with Crippen LogP contribution in [0.15, 0.2) is 36.4 Å². The molecule has 5 nitrogen and oxygen atoms in total. The minimum absolute atomic E-state index is 0.0225. The third-order valence-corrected chi connectivity index (χ3v) is 2.62. The number of nitrogens with zero attached hydrogens (tertiary/aromatic N) is 1. The lowest BCUT2D eigenvalue weighted by atomic mass is 10.1. The highest BCUT2D eigenvalue weighted by molar-refractivity contribution is 6.29. The maximum atomic E-state index is 13.0. The van der Waals surface area contributed by atoms with E-state index in [1.165, 1.54) is 24.3 Å². The van der Waals surface area contributed by atoms with Crippen LogP contribution >= 0.6 is 11.6 Å². The minimum Gasteiger partial charge on any atom is -0.478 e.